The van der Waals surface area contributed by atoms with Crippen molar-refractivity contribution in [2.24, 2.45) is 0 Å². The Hall–Kier alpha value is -3.78. The minimum absolute atomic E-state index is 0.154. The normalized spacial score (nSPS) is 12.9. The Morgan fingerprint density at radius 1 is 1.00 bits per heavy atom. The van der Waals surface area contributed by atoms with E-state index in [1.165, 1.54) is 13.2 Å². The van der Waals surface area contributed by atoms with Gasteiger partial charge in [-0.3, -0.25) is 14.4 Å². The van der Waals surface area contributed by atoms with Crippen LogP contribution in [-0.4, -0.2) is 48.6 Å². The molecule has 3 aromatic rings. The molecule has 0 unspecified atom stereocenters. The summed E-state index contributed by atoms with van der Waals surface area (Å²) >= 11 is 5.94. The molecule has 2 heterocycles. The van der Waals surface area contributed by atoms with E-state index in [0.29, 0.717) is 47.1 Å². The molecule has 35 heavy (non-hydrogen) atoms. The predicted molar refractivity (Wildman–Crippen MR) is 132 cm³/mol. The van der Waals surface area contributed by atoms with Gasteiger partial charge in [0.1, 0.15) is 17.1 Å². The fourth-order valence-corrected chi connectivity index (χ4v) is 4.31. The van der Waals surface area contributed by atoms with Gasteiger partial charge in [0.05, 0.1) is 14.2 Å². The summed E-state index contributed by atoms with van der Waals surface area (Å²) in [7, 11) is 3.01. The number of methoxy groups -OCH3 is 2. The van der Waals surface area contributed by atoms with E-state index >= 15 is 0 Å². The van der Waals surface area contributed by atoms with Crippen molar-refractivity contribution >= 4 is 23.4 Å². The Morgan fingerprint density at radius 2 is 1.77 bits per heavy atom. The molecule has 0 radical (unpaired) electrons. The molecule has 4 rings (SSSR count). The van der Waals surface area contributed by atoms with Crippen LogP contribution in [0.5, 0.6) is 11.5 Å². The number of halogens is 1. The van der Waals surface area contributed by atoms with Gasteiger partial charge >= 0.3 is 0 Å². The van der Waals surface area contributed by atoms with Gasteiger partial charge in [0.25, 0.3) is 17.4 Å². The van der Waals surface area contributed by atoms with Gasteiger partial charge in [-0.15, -0.1) is 0 Å². The monoisotopic (exact) mass is 495 g/mol. The van der Waals surface area contributed by atoms with Crippen LogP contribution < -0.4 is 20.3 Å². The zero-order valence-corrected chi connectivity index (χ0v) is 20.3. The number of nitrogens with one attached hydrogen (secondary N) is 1. The third-order valence-corrected chi connectivity index (χ3v) is 6.26. The molecule has 1 aliphatic rings. The molecule has 1 N–H and O–H groups in total. The lowest BCUT2D eigenvalue weighted by molar-refractivity contribution is 0.0759. The van der Waals surface area contributed by atoms with Crippen molar-refractivity contribution in [3.8, 4) is 11.5 Å². The number of benzene rings is 2. The van der Waals surface area contributed by atoms with Gasteiger partial charge in [-0.1, -0.05) is 23.7 Å². The molecule has 0 saturated heterocycles. The standard InChI is InChI=1S/C26H26ClN3O5/c1-34-20-5-3-4-17(14-20)16-28-25(32)24-21-10-11-29(26(33)18-6-8-19(27)9-7-18)12-13-30(21)23(31)15-22(24)35-2/h3-9,14-15H,10-13,16H2,1-2H3,(H,28,32). The number of hydrogen-bond acceptors (Lipinski definition) is 5. The van der Waals surface area contributed by atoms with Gasteiger partial charge in [-0.25, -0.2) is 0 Å². The molecule has 182 valence electrons. The lowest BCUT2D eigenvalue weighted by atomic mass is 10.1. The predicted octanol–water partition coefficient (Wildman–Crippen LogP) is 3.15. The Labute approximate surface area is 208 Å². The average Bonchev–Trinajstić information content (AvgIpc) is 3.11. The van der Waals surface area contributed by atoms with Crippen molar-refractivity contribution in [1.29, 1.82) is 0 Å². The van der Waals surface area contributed by atoms with E-state index in [0.717, 1.165) is 5.56 Å². The van der Waals surface area contributed by atoms with Crippen molar-refractivity contribution in [2.45, 2.75) is 19.5 Å². The topological polar surface area (TPSA) is 89.9 Å². The summed E-state index contributed by atoms with van der Waals surface area (Å²) in [4.78, 5) is 40.8. The molecule has 0 fully saturated rings. The Morgan fingerprint density at radius 3 is 2.49 bits per heavy atom. The molecule has 0 atom stereocenters. The van der Waals surface area contributed by atoms with Crippen molar-refractivity contribution < 1.29 is 19.1 Å². The van der Waals surface area contributed by atoms with E-state index in [4.69, 9.17) is 21.1 Å². The van der Waals surface area contributed by atoms with E-state index in [1.807, 2.05) is 24.3 Å². The fraction of sp³-hybridized carbons (Fsp3) is 0.269. The lowest BCUT2D eigenvalue weighted by Gasteiger charge is -2.20. The third-order valence-electron chi connectivity index (χ3n) is 6.01. The summed E-state index contributed by atoms with van der Waals surface area (Å²) in [6.07, 6.45) is 0.327. The molecule has 1 aromatic heterocycles. The van der Waals surface area contributed by atoms with Crippen LogP contribution >= 0.6 is 11.6 Å². The first-order valence-corrected chi connectivity index (χ1v) is 11.6. The molecule has 0 saturated carbocycles. The Bertz CT molecular complexity index is 1300. The van der Waals surface area contributed by atoms with E-state index in [-0.39, 0.29) is 36.2 Å². The largest absolute Gasteiger partial charge is 0.497 e. The first kappa shape index (κ1) is 24.3. The molecule has 0 bridgehead atoms. The molecular weight excluding hydrogens is 470 g/mol. The zero-order valence-electron chi connectivity index (χ0n) is 19.5. The van der Waals surface area contributed by atoms with E-state index in [2.05, 4.69) is 5.32 Å². The number of nitrogens with zero attached hydrogens (tertiary/aromatic N) is 2. The van der Waals surface area contributed by atoms with Crippen LogP contribution in [0.4, 0.5) is 0 Å². The number of aromatic nitrogens is 1. The molecule has 0 spiro atoms. The van der Waals surface area contributed by atoms with E-state index in [9.17, 15) is 14.4 Å². The number of pyridine rings is 1. The maximum atomic E-state index is 13.3. The molecule has 0 aliphatic carbocycles. The van der Waals surface area contributed by atoms with Gasteiger partial charge in [0.15, 0.2) is 0 Å². The maximum absolute atomic E-state index is 13.3. The van der Waals surface area contributed by atoms with Gasteiger partial charge in [-0.2, -0.15) is 0 Å². The number of carbonyl (C=O) groups is 2. The van der Waals surface area contributed by atoms with Crippen LogP contribution in [0, 0.1) is 0 Å². The fourth-order valence-electron chi connectivity index (χ4n) is 4.19. The van der Waals surface area contributed by atoms with Gasteiger partial charge in [0.2, 0.25) is 0 Å². The second-order valence-corrected chi connectivity index (χ2v) is 8.54. The highest BCUT2D eigenvalue weighted by Crippen LogP contribution is 2.24. The first-order valence-electron chi connectivity index (χ1n) is 11.2. The van der Waals surface area contributed by atoms with Crippen molar-refractivity contribution in [3.05, 3.63) is 92.4 Å². The van der Waals surface area contributed by atoms with Crippen LogP contribution in [0.3, 0.4) is 0 Å². The molecule has 8 nitrogen and oxygen atoms in total. The average molecular weight is 496 g/mol. The first-order chi connectivity index (χ1) is 16.9. The highest BCUT2D eigenvalue weighted by molar-refractivity contribution is 6.30. The van der Waals surface area contributed by atoms with Gasteiger partial charge in [0, 0.05) is 54.9 Å². The number of rotatable bonds is 6. The highest BCUT2D eigenvalue weighted by Gasteiger charge is 2.27. The summed E-state index contributed by atoms with van der Waals surface area (Å²) in [5.74, 6) is 0.395. The van der Waals surface area contributed by atoms with Crippen LogP contribution in [-0.2, 0) is 19.5 Å². The molecule has 1 aliphatic heterocycles. The highest BCUT2D eigenvalue weighted by atomic mass is 35.5. The minimum atomic E-state index is -0.356. The van der Waals surface area contributed by atoms with E-state index in [1.54, 1.807) is 40.8 Å². The van der Waals surface area contributed by atoms with Gasteiger partial charge < -0.3 is 24.3 Å². The van der Waals surface area contributed by atoms with Crippen molar-refractivity contribution in [2.75, 3.05) is 27.3 Å². The van der Waals surface area contributed by atoms with Crippen LogP contribution in [0.1, 0.15) is 32.0 Å². The van der Waals surface area contributed by atoms with Gasteiger partial charge in [-0.05, 0) is 42.0 Å². The van der Waals surface area contributed by atoms with E-state index < -0.39 is 0 Å². The number of hydrogen-bond donors (Lipinski definition) is 1. The second-order valence-electron chi connectivity index (χ2n) is 8.11. The number of carbonyl (C=O) groups excluding carboxylic acids is 2. The SMILES string of the molecule is COc1cccc(CNC(=O)c2c(OC)cc(=O)n3c2CCN(C(=O)c2ccc(Cl)cc2)CC3)c1. The molecule has 2 aromatic carbocycles. The number of amides is 2. The maximum Gasteiger partial charge on any atom is 0.257 e. The summed E-state index contributed by atoms with van der Waals surface area (Å²) in [6.45, 7) is 1.24. The quantitative estimate of drug-likeness (QED) is 0.567. The third kappa shape index (κ3) is 5.33. The van der Waals surface area contributed by atoms with Crippen LogP contribution in [0.15, 0.2) is 59.4 Å². The molecular formula is C26H26ClN3O5. The smallest absolute Gasteiger partial charge is 0.257 e. The zero-order chi connectivity index (χ0) is 24.9. The van der Waals surface area contributed by atoms with Crippen LogP contribution in [0.2, 0.25) is 5.02 Å². The second kappa shape index (κ2) is 10.7. The summed E-state index contributed by atoms with van der Waals surface area (Å²) in [5.41, 5.74) is 1.96. The minimum Gasteiger partial charge on any atom is -0.497 e. The number of fused-ring (bicyclic) bond motifs is 1. The summed E-state index contributed by atoms with van der Waals surface area (Å²) < 4.78 is 12.2. The van der Waals surface area contributed by atoms with Crippen molar-refractivity contribution in [3.63, 3.8) is 0 Å². The Kier molecular flexibility index (Phi) is 7.41. The van der Waals surface area contributed by atoms with Crippen molar-refractivity contribution in [1.82, 2.24) is 14.8 Å². The summed E-state index contributed by atoms with van der Waals surface area (Å²) in [6, 6.07) is 15.4. The Balaban J connectivity index is 1.59. The molecule has 9 heteroatoms. The molecule has 2 amide bonds. The lowest BCUT2D eigenvalue weighted by Crippen LogP contribution is -2.34. The van der Waals surface area contributed by atoms with Crippen LogP contribution in [0.25, 0.3) is 0 Å². The summed E-state index contributed by atoms with van der Waals surface area (Å²) in [5, 5.41) is 3.46. The number of ether oxygens (including phenoxy) is 2.